The minimum atomic E-state index is 0.212. The number of Topliss-reactive ketones (excluding diaryl/α,β-unsaturated/α-hetero) is 1. The molecule has 78 valence electrons. The molecule has 1 aliphatic rings. The van der Waals surface area contributed by atoms with Gasteiger partial charge in [0.2, 0.25) is 0 Å². The van der Waals surface area contributed by atoms with Crippen molar-refractivity contribution in [2.24, 2.45) is 17.8 Å². The number of hydrogen-bond acceptors (Lipinski definition) is 1. The molecule has 0 aromatic carbocycles. The molecule has 0 saturated heterocycles. The van der Waals surface area contributed by atoms with E-state index in [2.05, 4.69) is 13.2 Å². The van der Waals surface area contributed by atoms with Crippen LogP contribution in [0.25, 0.3) is 0 Å². The van der Waals surface area contributed by atoms with E-state index in [1.54, 1.807) is 0 Å². The Bertz CT molecular complexity index is 252. The lowest BCUT2D eigenvalue weighted by Gasteiger charge is -2.33. The second-order valence-corrected chi connectivity index (χ2v) is 4.52. The summed E-state index contributed by atoms with van der Waals surface area (Å²) < 4.78 is 0. The predicted molar refractivity (Wildman–Crippen MR) is 60.0 cm³/mol. The van der Waals surface area contributed by atoms with Gasteiger partial charge in [-0.1, -0.05) is 25.2 Å². The van der Waals surface area contributed by atoms with Crippen LogP contribution in [0.4, 0.5) is 0 Å². The Hall–Kier alpha value is -0.850. The summed E-state index contributed by atoms with van der Waals surface area (Å²) in [6, 6.07) is 0. The van der Waals surface area contributed by atoms with Gasteiger partial charge in [0, 0.05) is 12.3 Å². The monoisotopic (exact) mass is 192 g/mol. The molecule has 0 aliphatic heterocycles. The molecule has 0 spiro atoms. The second-order valence-electron chi connectivity index (χ2n) is 4.52. The van der Waals surface area contributed by atoms with Crippen molar-refractivity contribution in [1.82, 2.24) is 0 Å². The second kappa shape index (κ2) is 4.59. The highest BCUT2D eigenvalue weighted by Crippen LogP contribution is 2.36. The van der Waals surface area contributed by atoms with E-state index in [9.17, 15) is 4.79 Å². The van der Waals surface area contributed by atoms with Gasteiger partial charge in [0.25, 0.3) is 0 Å². The zero-order valence-corrected chi connectivity index (χ0v) is 9.25. The zero-order valence-electron chi connectivity index (χ0n) is 9.25. The van der Waals surface area contributed by atoms with Crippen molar-refractivity contribution in [2.75, 3.05) is 0 Å². The Morgan fingerprint density at radius 3 is 2.79 bits per heavy atom. The number of ketones is 1. The van der Waals surface area contributed by atoms with Crippen molar-refractivity contribution in [3.63, 3.8) is 0 Å². The summed E-state index contributed by atoms with van der Waals surface area (Å²) in [6.07, 6.45) is 4.68. The third kappa shape index (κ3) is 2.34. The van der Waals surface area contributed by atoms with Crippen LogP contribution in [0.2, 0.25) is 0 Å². The summed E-state index contributed by atoms with van der Waals surface area (Å²) in [5.74, 6) is 1.50. The minimum Gasteiger partial charge on any atom is -0.299 e. The maximum absolute atomic E-state index is 11.7. The highest BCUT2D eigenvalue weighted by atomic mass is 16.1. The van der Waals surface area contributed by atoms with Crippen LogP contribution in [0.15, 0.2) is 24.8 Å². The molecule has 0 unspecified atom stereocenters. The highest BCUT2D eigenvalue weighted by molar-refractivity contribution is 5.82. The minimum absolute atomic E-state index is 0.212. The first-order valence-electron chi connectivity index (χ1n) is 5.35. The average molecular weight is 192 g/mol. The molecule has 0 heterocycles. The summed E-state index contributed by atoms with van der Waals surface area (Å²) in [5, 5.41) is 0. The topological polar surface area (TPSA) is 17.1 Å². The van der Waals surface area contributed by atoms with Crippen LogP contribution < -0.4 is 0 Å². The molecule has 1 saturated carbocycles. The van der Waals surface area contributed by atoms with E-state index in [4.69, 9.17) is 0 Å². The van der Waals surface area contributed by atoms with E-state index in [1.807, 2.05) is 19.9 Å². The van der Waals surface area contributed by atoms with Gasteiger partial charge in [-0.05, 0) is 31.6 Å². The maximum atomic E-state index is 11.7. The Balaban J connectivity index is 2.70. The van der Waals surface area contributed by atoms with Gasteiger partial charge in [-0.3, -0.25) is 4.79 Å². The Morgan fingerprint density at radius 2 is 2.29 bits per heavy atom. The summed E-state index contributed by atoms with van der Waals surface area (Å²) >= 11 is 0. The summed E-state index contributed by atoms with van der Waals surface area (Å²) in [5.41, 5.74) is 1.15. The van der Waals surface area contributed by atoms with Gasteiger partial charge in [-0.2, -0.15) is 0 Å². The highest BCUT2D eigenvalue weighted by Gasteiger charge is 2.32. The van der Waals surface area contributed by atoms with Gasteiger partial charge in [0.15, 0.2) is 0 Å². The number of rotatable bonds is 3. The predicted octanol–water partition coefficient (Wildman–Crippen LogP) is 3.37. The first kappa shape index (κ1) is 11.2. The largest absolute Gasteiger partial charge is 0.299 e. The van der Waals surface area contributed by atoms with Crippen molar-refractivity contribution >= 4 is 5.78 Å². The van der Waals surface area contributed by atoms with E-state index in [-0.39, 0.29) is 5.92 Å². The number of allylic oxidation sites excluding steroid dienone is 2. The van der Waals surface area contributed by atoms with Crippen molar-refractivity contribution in [3.8, 4) is 0 Å². The molecule has 3 atom stereocenters. The molecule has 0 aromatic heterocycles. The molecule has 0 bridgehead atoms. The van der Waals surface area contributed by atoms with Gasteiger partial charge in [0.05, 0.1) is 0 Å². The van der Waals surface area contributed by atoms with E-state index < -0.39 is 0 Å². The van der Waals surface area contributed by atoms with E-state index in [0.29, 0.717) is 24.0 Å². The molecule has 14 heavy (non-hydrogen) atoms. The molecule has 1 rings (SSSR count). The lowest BCUT2D eigenvalue weighted by Crippen LogP contribution is -2.31. The Labute approximate surface area is 86.9 Å². The fraction of sp³-hybridized carbons (Fsp3) is 0.615. The van der Waals surface area contributed by atoms with E-state index in [0.717, 1.165) is 18.4 Å². The normalized spacial score (nSPS) is 32.7. The summed E-state index contributed by atoms with van der Waals surface area (Å²) in [7, 11) is 0. The fourth-order valence-electron chi connectivity index (χ4n) is 2.23. The molecule has 0 radical (unpaired) electrons. The number of hydrogen-bond donors (Lipinski definition) is 0. The van der Waals surface area contributed by atoms with Crippen molar-refractivity contribution < 1.29 is 4.79 Å². The van der Waals surface area contributed by atoms with Crippen molar-refractivity contribution in [1.29, 1.82) is 0 Å². The molecule has 0 aromatic rings. The summed E-state index contributed by atoms with van der Waals surface area (Å²) in [6.45, 7) is 11.8. The standard InChI is InChI=1S/C13H20O/c1-5-6-11-7-12(9(2)3)8-13(14)10(11)4/h5,10-12H,1-2,6-8H2,3-4H3/t10-,11+,12+/m1/s1. The van der Waals surface area contributed by atoms with Gasteiger partial charge < -0.3 is 0 Å². The lowest BCUT2D eigenvalue weighted by atomic mass is 9.71. The molecule has 1 nitrogen and oxygen atoms in total. The third-order valence-corrected chi connectivity index (χ3v) is 3.42. The van der Waals surface area contributed by atoms with Gasteiger partial charge in [-0.25, -0.2) is 0 Å². The Kier molecular flexibility index (Phi) is 3.68. The van der Waals surface area contributed by atoms with Crippen LogP contribution in [0.5, 0.6) is 0 Å². The van der Waals surface area contributed by atoms with Gasteiger partial charge >= 0.3 is 0 Å². The molecule has 1 heteroatoms. The molecular formula is C13H20O. The average Bonchev–Trinajstić information content (AvgIpc) is 2.12. The summed E-state index contributed by atoms with van der Waals surface area (Å²) in [4.78, 5) is 11.7. The first-order valence-corrected chi connectivity index (χ1v) is 5.35. The van der Waals surface area contributed by atoms with Crippen LogP contribution in [0, 0.1) is 17.8 Å². The van der Waals surface area contributed by atoms with Crippen LogP contribution in [0.3, 0.4) is 0 Å². The van der Waals surface area contributed by atoms with Crippen LogP contribution >= 0.6 is 0 Å². The molecular weight excluding hydrogens is 172 g/mol. The number of carbonyl (C=O) groups is 1. The SMILES string of the molecule is C=CC[C@H]1C[C@H](C(=C)C)CC(=O)[C@@H]1C. The van der Waals surface area contributed by atoms with Crippen LogP contribution in [0.1, 0.15) is 33.1 Å². The van der Waals surface area contributed by atoms with Crippen LogP contribution in [-0.2, 0) is 4.79 Å². The van der Waals surface area contributed by atoms with E-state index in [1.165, 1.54) is 0 Å². The third-order valence-electron chi connectivity index (χ3n) is 3.42. The quantitative estimate of drug-likeness (QED) is 0.626. The molecule has 0 amide bonds. The van der Waals surface area contributed by atoms with E-state index >= 15 is 0 Å². The zero-order chi connectivity index (χ0) is 10.7. The first-order chi connectivity index (χ1) is 6.56. The fourth-order valence-corrected chi connectivity index (χ4v) is 2.23. The van der Waals surface area contributed by atoms with Crippen LogP contribution in [-0.4, -0.2) is 5.78 Å². The lowest BCUT2D eigenvalue weighted by molar-refractivity contribution is -0.127. The van der Waals surface area contributed by atoms with Gasteiger partial charge in [0.1, 0.15) is 5.78 Å². The van der Waals surface area contributed by atoms with Crippen molar-refractivity contribution in [2.45, 2.75) is 33.1 Å². The maximum Gasteiger partial charge on any atom is 0.136 e. The smallest absolute Gasteiger partial charge is 0.136 e. The molecule has 0 N–H and O–H groups in total. The Morgan fingerprint density at radius 1 is 1.64 bits per heavy atom. The molecule has 1 fully saturated rings. The number of carbonyl (C=O) groups excluding carboxylic acids is 1. The van der Waals surface area contributed by atoms with Gasteiger partial charge in [-0.15, -0.1) is 6.58 Å². The molecule has 1 aliphatic carbocycles. The van der Waals surface area contributed by atoms with Crippen molar-refractivity contribution in [3.05, 3.63) is 24.8 Å².